The maximum absolute atomic E-state index is 13.1. The number of piperazine rings is 1. The summed E-state index contributed by atoms with van der Waals surface area (Å²) in [6.45, 7) is 4.53. The lowest BCUT2D eigenvalue weighted by atomic mass is 10.0. The van der Waals surface area contributed by atoms with Gasteiger partial charge in [-0.25, -0.2) is 4.39 Å². The smallest absolute Gasteiger partial charge is 0.254 e. The van der Waals surface area contributed by atoms with Crippen molar-refractivity contribution >= 4 is 29.4 Å². The number of amides is 2. The number of nitrogens with one attached hydrogen (secondary N) is 2. The van der Waals surface area contributed by atoms with Crippen LogP contribution in [0.3, 0.4) is 0 Å². The van der Waals surface area contributed by atoms with Crippen molar-refractivity contribution in [3.05, 3.63) is 53.8 Å². The average molecular weight is 412 g/mol. The number of nitrogens with zero attached hydrogens (tertiary/aromatic N) is 3. The Morgan fingerprint density at radius 3 is 2.37 bits per heavy atom. The standard InChI is InChI=1S/C21H25FN6O2/c22-16-2-4-17(5-3-16)24-19-6-1-15(11-20(19)25-23)21(30)28-12-18(13-28)27-9-7-26(14-29)8-10-27/h1-6,11,14,18,24-25H,7-10,12-13,23H2. The van der Waals surface area contributed by atoms with Crippen LogP contribution in [0.5, 0.6) is 0 Å². The first-order valence-corrected chi connectivity index (χ1v) is 9.93. The Morgan fingerprint density at radius 1 is 1.03 bits per heavy atom. The Hall–Kier alpha value is -3.17. The number of rotatable bonds is 6. The molecular weight excluding hydrogens is 387 g/mol. The van der Waals surface area contributed by atoms with E-state index in [2.05, 4.69) is 15.6 Å². The van der Waals surface area contributed by atoms with Crippen LogP contribution in [-0.4, -0.2) is 72.3 Å². The fraction of sp³-hybridized carbons (Fsp3) is 0.333. The number of likely N-dealkylation sites (tertiary alicyclic amines) is 1. The van der Waals surface area contributed by atoms with E-state index in [-0.39, 0.29) is 11.7 Å². The Labute approximate surface area is 174 Å². The zero-order valence-electron chi connectivity index (χ0n) is 16.6. The molecule has 2 aromatic carbocycles. The molecule has 0 unspecified atom stereocenters. The molecule has 0 atom stereocenters. The van der Waals surface area contributed by atoms with Gasteiger partial charge in [0.2, 0.25) is 6.41 Å². The molecule has 4 rings (SSSR count). The largest absolute Gasteiger partial charge is 0.354 e. The van der Waals surface area contributed by atoms with Crippen molar-refractivity contribution in [2.24, 2.45) is 5.84 Å². The Kier molecular flexibility index (Phi) is 5.82. The fourth-order valence-electron chi connectivity index (χ4n) is 3.84. The summed E-state index contributed by atoms with van der Waals surface area (Å²) in [5.74, 6) is 5.30. The van der Waals surface area contributed by atoms with Gasteiger partial charge >= 0.3 is 0 Å². The maximum atomic E-state index is 13.1. The number of anilines is 3. The van der Waals surface area contributed by atoms with Gasteiger partial charge in [0.25, 0.3) is 5.91 Å². The van der Waals surface area contributed by atoms with E-state index in [1.54, 1.807) is 35.2 Å². The Bertz CT molecular complexity index is 908. The van der Waals surface area contributed by atoms with Crippen LogP contribution in [0.25, 0.3) is 0 Å². The third kappa shape index (κ3) is 4.22. The zero-order valence-corrected chi connectivity index (χ0v) is 16.6. The summed E-state index contributed by atoms with van der Waals surface area (Å²) in [7, 11) is 0. The number of hydrogen-bond donors (Lipinski definition) is 3. The molecule has 2 amide bonds. The van der Waals surface area contributed by atoms with Gasteiger partial charge in [-0.15, -0.1) is 0 Å². The summed E-state index contributed by atoms with van der Waals surface area (Å²) in [5.41, 5.74) is 5.15. The van der Waals surface area contributed by atoms with Gasteiger partial charge in [-0.1, -0.05) is 0 Å². The van der Waals surface area contributed by atoms with Crippen LogP contribution in [0.15, 0.2) is 42.5 Å². The molecule has 2 aliphatic heterocycles. The highest BCUT2D eigenvalue weighted by Gasteiger charge is 2.36. The van der Waals surface area contributed by atoms with Crippen LogP contribution >= 0.6 is 0 Å². The quantitative estimate of drug-likeness (QED) is 0.378. The van der Waals surface area contributed by atoms with E-state index in [9.17, 15) is 14.0 Å². The summed E-state index contributed by atoms with van der Waals surface area (Å²) >= 11 is 0. The van der Waals surface area contributed by atoms with E-state index in [4.69, 9.17) is 5.84 Å². The van der Waals surface area contributed by atoms with Gasteiger partial charge in [0.1, 0.15) is 5.82 Å². The summed E-state index contributed by atoms with van der Waals surface area (Å²) in [4.78, 5) is 29.6. The molecule has 2 aromatic rings. The number of hydrazine groups is 1. The second-order valence-electron chi connectivity index (χ2n) is 7.58. The van der Waals surface area contributed by atoms with Crippen molar-refractivity contribution in [1.82, 2.24) is 14.7 Å². The fourth-order valence-corrected chi connectivity index (χ4v) is 3.84. The van der Waals surface area contributed by atoms with Crippen LogP contribution in [0, 0.1) is 5.82 Å². The molecule has 2 saturated heterocycles. The van der Waals surface area contributed by atoms with E-state index in [1.807, 2.05) is 4.90 Å². The molecule has 2 aliphatic rings. The second-order valence-corrected chi connectivity index (χ2v) is 7.58. The predicted molar refractivity (Wildman–Crippen MR) is 113 cm³/mol. The van der Waals surface area contributed by atoms with Gasteiger partial charge in [0, 0.05) is 56.6 Å². The van der Waals surface area contributed by atoms with Crippen molar-refractivity contribution in [3.8, 4) is 0 Å². The molecule has 8 nitrogen and oxygen atoms in total. The SMILES string of the molecule is NNc1cc(C(=O)N2CC(N3CCN(C=O)CC3)C2)ccc1Nc1ccc(F)cc1. The third-order valence-corrected chi connectivity index (χ3v) is 5.71. The molecule has 4 N–H and O–H groups in total. The average Bonchev–Trinajstić information content (AvgIpc) is 2.75. The van der Waals surface area contributed by atoms with Crippen LogP contribution in [0.4, 0.5) is 21.5 Å². The van der Waals surface area contributed by atoms with Gasteiger partial charge in [-0.3, -0.25) is 20.3 Å². The topological polar surface area (TPSA) is 93.9 Å². The number of nitrogen functional groups attached to an aromatic ring is 1. The first kappa shape index (κ1) is 20.1. The lowest BCUT2D eigenvalue weighted by molar-refractivity contribution is -0.120. The highest BCUT2D eigenvalue weighted by atomic mass is 19.1. The molecule has 0 spiro atoms. The molecule has 30 heavy (non-hydrogen) atoms. The van der Waals surface area contributed by atoms with Crippen LogP contribution in [-0.2, 0) is 4.79 Å². The van der Waals surface area contributed by atoms with Gasteiger partial charge in [-0.05, 0) is 42.5 Å². The number of carbonyl (C=O) groups is 2. The summed E-state index contributed by atoms with van der Waals surface area (Å²) < 4.78 is 13.1. The van der Waals surface area contributed by atoms with E-state index < -0.39 is 0 Å². The normalized spacial score (nSPS) is 17.4. The summed E-state index contributed by atoms with van der Waals surface area (Å²) in [5, 5.41) is 3.16. The van der Waals surface area contributed by atoms with Crippen molar-refractivity contribution in [3.63, 3.8) is 0 Å². The van der Waals surface area contributed by atoms with Crippen LogP contribution in [0.2, 0.25) is 0 Å². The summed E-state index contributed by atoms with van der Waals surface area (Å²) in [6.07, 6.45) is 0.894. The molecule has 158 valence electrons. The van der Waals surface area contributed by atoms with Crippen LogP contribution in [0.1, 0.15) is 10.4 Å². The zero-order chi connectivity index (χ0) is 21.1. The highest BCUT2D eigenvalue weighted by Crippen LogP contribution is 2.28. The minimum absolute atomic E-state index is 0.0393. The van der Waals surface area contributed by atoms with E-state index in [0.717, 1.165) is 32.6 Å². The van der Waals surface area contributed by atoms with E-state index >= 15 is 0 Å². The number of halogens is 1. The molecule has 0 saturated carbocycles. The van der Waals surface area contributed by atoms with Gasteiger partial charge in [0.15, 0.2) is 0 Å². The lowest BCUT2D eigenvalue weighted by Gasteiger charge is -2.47. The minimum atomic E-state index is -0.308. The molecule has 0 radical (unpaired) electrons. The van der Waals surface area contributed by atoms with Crippen molar-refractivity contribution < 1.29 is 14.0 Å². The molecule has 2 fully saturated rings. The van der Waals surface area contributed by atoms with Gasteiger partial charge < -0.3 is 20.5 Å². The number of benzene rings is 2. The van der Waals surface area contributed by atoms with Crippen molar-refractivity contribution in [2.75, 3.05) is 50.0 Å². The molecule has 0 aromatic heterocycles. The maximum Gasteiger partial charge on any atom is 0.254 e. The minimum Gasteiger partial charge on any atom is -0.354 e. The predicted octanol–water partition coefficient (Wildman–Crippen LogP) is 1.45. The second kappa shape index (κ2) is 8.68. The number of carbonyl (C=O) groups excluding carboxylic acids is 2. The van der Waals surface area contributed by atoms with Crippen LogP contribution < -0.4 is 16.6 Å². The highest BCUT2D eigenvalue weighted by molar-refractivity contribution is 5.97. The van der Waals surface area contributed by atoms with Gasteiger partial charge in [0.05, 0.1) is 11.4 Å². The molecule has 9 heteroatoms. The first-order chi connectivity index (χ1) is 14.6. The molecular formula is C21H25FN6O2. The molecule has 2 heterocycles. The molecule has 0 aliphatic carbocycles. The number of hydrogen-bond acceptors (Lipinski definition) is 6. The van der Waals surface area contributed by atoms with E-state index in [0.29, 0.717) is 41.8 Å². The monoisotopic (exact) mass is 412 g/mol. The van der Waals surface area contributed by atoms with E-state index in [1.165, 1.54) is 12.1 Å². The Balaban J connectivity index is 1.37. The van der Waals surface area contributed by atoms with Gasteiger partial charge in [-0.2, -0.15) is 0 Å². The first-order valence-electron chi connectivity index (χ1n) is 9.93. The summed E-state index contributed by atoms with van der Waals surface area (Å²) in [6, 6.07) is 11.6. The van der Waals surface area contributed by atoms with Crippen molar-refractivity contribution in [1.29, 1.82) is 0 Å². The number of nitrogens with two attached hydrogens (primary N) is 1. The Morgan fingerprint density at radius 2 is 1.73 bits per heavy atom. The lowest BCUT2D eigenvalue weighted by Crippen LogP contribution is -2.64. The van der Waals surface area contributed by atoms with Crippen molar-refractivity contribution in [2.45, 2.75) is 6.04 Å². The molecule has 0 bridgehead atoms. The third-order valence-electron chi connectivity index (χ3n) is 5.71.